The maximum atomic E-state index is 11.4. The first-order chi connectivity index (χ1) is 10.0. The summed E-state index contributed by atoms with van der Waals surface area (Å²) in [4.78, 5) is 11.4. The Morgan fingerprint density at radius 2 is 2.19 bits per heavy atom. The lowest BCUT2D eigenvalue weighted by atomic mass is 10.1. The van der Waals surface area contributed by atoms with Crippen molar-refractivity contribution in [2.45, 2.75) is 51.8 Å². The van der Waals surface area contributed by atoms with Crippen LogP contribution in [0.5, 0.6) is 0 Å². The molecule has 0 amide bonds. The lowest BCUT2D eigenvalue weighted by Crippen LogP contribution is -2.13. The quantitative estimate of drug-likeness (QED) is 0.682. The molecule has 1 aliphatic carbocycles. The van der Waals surface area contributed by atoms with E-state index in [0.29, 0.717) is 6.42 Å². The van der Waals surface area contributed by atoms with E-state index in [-0.39, 0.29) is 11.4 Å². The molecule has 6 heteroatoms. The van der Waals surface area contributed by atoms with Crippen LogP contribution in [0.15, 0.2) is 0 Å². The van der Waals surface area contributed by atoms with Crippen molar-refractivity contribution in [1.82, 2.24) is 9.78 Å². The van der Waals surface area contributed by atoms with E-state index >= 15 is 0 Å². The number of ether oxygens (including phenoxy) is 1. The zero-order valence-electron chi connectivity index (χ0n) is 12.9. The van der Waals surface area contributed by atoms with Gasteiger partial charge in [-0.1, -0.05) is 18.5 Å². The molecule has 2 rings (SSSR count). The van der Waals surface area contributed by atoms with Crippen LogP contribution in [0.1, 0.15) is 44.5 Å². The van der Waals surface area contributed by atoms with E-state index in [1.54, 1.807) is 0 Å². The summed E-state index contributed by atoms with van der Waals surface area (Å²) in [6.45, 7) is 4.99. The minimum atomic E-state index is -0.0991. The Morgan fingerprint density at radius 1 is 1.48 bits per heavy atom. The molecule has 0 bridgehead atoms. The molecule has 118 valence electrons. The number of hydrogen-bond donors (Lipinski definition) is 0. The van der Waals surface area contributed by atoms with Crippen molar-refractivity contribution in [1.29, 1.82) is 0 Å². The lowest BCUT2D eigenvalue weighted by molar-refractivity contribution is -0.141. The molecule has 0 saturated heterocycles. The highest BCUT2D eigenvalue weighted by Crippen LogP contribution is 2.51. The van der Waals surface area contributed by atoms with Crippen LogP contribution < -0.4 is 0 Å². The minimum absolute atomic E-state index is 0.0991. The fourth-order valence-corrected chi connectivity index (χ4v) is 4.27. The number of esters is 1. The molecule has 0 radical (unpaired) electrons. The number of hydrogen-bond acceptors (Lipinski definition) is 4. The van der Waals surface area contributed by atoms with E-state index in [4.69, 9.17) is 16.3 Å². The molecule has 0 unspecified atom stereocenters. The lowest BCUT2D eigenvalue weighted by Gasteiger charge is -2.13. The maximum absolute atomic E-state index is 11.4. The molecule has 0 aromatic carbocycles. The van der Waals surface area contributed by atoms with Gasteiger partial charge in [-0.3, -0.25) is 9.48 Å². The average molecular weight is 331 g/mol. The van der Waals surface area contributed by atoms with E-state index < -0.39 is 0 Å². The van der Waals surface area contributed by atoms with Crippen LogP contribution >= 0.6 is 23.4 Å². The average Bonchev–Trinajstić information content (AvgIpc) is 3.17. The van der Waals surface area contributed by atoms with Gasteiger partial charge in [0.15, 0.2) is 0 Å². The predicted octanol–water partition coefficient (Wildman–Crippen LogP) is 3.70. The maximum Gasteiger partial charge on any atom is 0.306 e. The molecule has 0 spiro atoms. The van der Waals surface area contributed by atoms with Gasteiger partial charge < -0.3 is 4.74 Å². The number of thioether (sulfide) groups is 1. The van der Waals surface area contributed by atoms with E-state index in [1.165, 1.54) is 7.11 Å². The largest absolute Gasteiger partial charge is 0.469 e. The number of nitrogens with zero attached hydrogens (tertiary/aromatic N) is 2. The summed E-state index contributed by atoms with van der Waals surface area (Å²) in [7, 11) is 1.46. The molecule has 1 heterocycles. The number of carbonyl (C=O) groups is 1. The van der Waals surface area contributed by atoms with Crippen molar-refractivity contribution in [2.75, 3.05) is 12.9 Å². The van der Waals surface area contributed by atoms with E-state index in [9.17, 15) is 4.79 Å². The molecule has 21 heavy (non-hydrogen) atoms. The molecular formula is C15H23ClN2O2S. The third kappa shape index (κ3) is 3.95. The highest BCUT2D eigenvalue weighted by atomic mass is 35.5. The van der Waals surface area contributed by atoms with Gasteiger partial charge in [0, 0.05) is 12.3 Å². The van der Waals surface area contributed by atoms with Crippen molar-refractivity contribution in [3.8, 4) is 0 Å². The van der Waals surface area contributed by atoms with Gasteiger partial charge in [-0.2, -0.15) is 16.9 Å². The van der Waals surface area contributed by atoms with Crippen LogP contribution in [-0.4, -0.2) is 28.6 Å². The SMILES string of the molecule is CCc1nn(CC)c(CSCC2(CC(=O)OC)CC2)c1Cl. The molecular weight excluding hydrogens is 308 g/mol. The number of halogens is 1. The second-order valence-corrected chi connectivity index (χ2v) is 6.99. The van der Waals surface area contributed by atoms with E-state index in [1.807, 2.05) is 16.4 Å². The molecule has 0 atom stereocenters. The van der Waals surface area contributed by atoms with Crippen molar-refractivity contribution in [3.63, 3.8) is 0 Å². The summed E-state index contributed by atoms with van der Waals surface area (Å²) in [6.07, 6.45) is 3.64. The Labute approximate surface area is 135 Å². The third-order valence-electron chi connectivity index (χ3n) is 4.05. The first-order valence-corrected chi connectivity index (χ1v) is 8.97. The molecule has 1 fully saturated rings. The Morgan fingerprint density at radius 3 is 2.71 bits per heavy atom. The zero-order valence-corrected chi connectivity index (χ0v) is 14.5. The van der Waals surface area contributed by atoms with Crippen LogP contribution in [0.3, 0.4) is 0 Å². The fraction of sp³-hybridized carbons (Fsp3) is 0.733. The Bertz CT molecular complexity index is 512. The second kappa shape index (κ2) is 7.05. The Kier molecular flexibility index (Phi) is 5.60. The Hall–Kier alpha value is -0.680. The fourth-order valence-electron chi connectivity index (χ4n) is 2.45. The monoisotopic (exact) mass is 330 g/mol. The molecule has 1 aromatic rings. The van der Waals surface area contributed by atoms with Gasteiger partial charge >= 0.3 is 5.97 Å². The normalized spacial score (nSPS) is 16.0. The summed E-state index contributed by atoms with van der Waals surface area (Å²) in [5.74, 6) is 1.73. The van der Waals surface area contributed by atoms with Crippen LogP contribution in [0.2, 0.25) is 5.02 Å². The first kappa shape index (κ1) is 16.7. The first-order valence-electron chi connectivity index (χ1n) is 7.44. The topological polar surface area (TPSA) is 44.1 Å². The summed E-state index contributed by atoms with van der Waals surface area (Å²) in [6, 6.07) is 0. The van der Waals surface area contributed by atoms with Crippen LogP contribution in [0.25, 0.3) is 0 Å². The molecule has 4 nitrogen and oxygen atoms in total. The highest BCUT2D eigenvalue weighted by Gasteiger charge is 2.44. The van der Waals surface area contributed by atoms with Crippen LogP contribution in [0, 0.1) is 5.41 Å². The highest BCUT2D eigenvalue weighted by molar-refractivity contribution is 7.98. The van der Waals surface area contributed by atoms with Gasteiger partial charge in [-0.15, -0.1) is 0 Å². The van der Waals surface area contributed by atoms with E-state index in [2.05, 4.69) is 18.9 Å². The second-order valence-electron chi connectivity index (χ2n) is 5.62. The molecule has 1 saturated carbocycles. The van der Waals surface area contributed by atoms with Gasteiger partial charge in [0.1, 0.15) is 0 Å². The number of aromatic nitrogens is 2. The molecule has 0 N–H and O–H groups in total. The van der Waals surface area contributed by atoms with Crippen molar-refractivity contribution in [3.05, 3.63) is 16.4 Å². The summed E-state index contributed by atoms with van der Waals surface area (Å²) >= 11 is 8.25. The van der Waals surface area contributed by atoms with Crippen LogP contribution in [-0.2, 0) is 28.2 Å². The summed E-state index contributed by atoms with van der Waals surface area (Å²) in [5, 5.41) is 5.35. The van der Waals surface area contributed by atoms with Gasteiger partial charge in [-0.25, -0.2) is 0 Å². The van der Waals surface area contributed by atoms with Crippen molar-refractivity contribution >= 4 is 29.3 Å². The molecule has 0 aliphatic heterocycles. The zero-order chi connectivity index (χ0) is 15.5. The van der Waals surface area contributed by atoms with Gasteiger partial charge in [0.2, 0.25) is 0 Å². The minimum Gasteiger partial charge on any atom is -0.469 e. The summed E-state index contributed by atoms with van der Waals surface area (Å²) < 4.78 is 6.77. The summed E-state index contributed by atoms with van der Waals surface area (Å²) in [5.41, 5.74) is 2.24. The molecule has 1 aliphatic rings. The predicted molar refractivity (Wildman–Crippen MR) is 86.8 cm³/mol. The number of carbonyl (C=O) groups excluding carboxylic acids is 1. The number of methoxy groups -OCH3 is 1. The number of aryl methyl sites for hydroxylation is 2. The number of rotatable bonds is 8. The van der Waals surface area contributed by atoms with Crippen molar-refractivity contribution < 1.29 is 9.53 Å². The third-order valence-corrected chi connectivity index (χ3v) is 5.78. The standard InChI is InChI=1S/C15H23ClN2O2S/c1-4-11-14(16)12(18(5-2)17-11)9-21-10-15(6-7-15)8-13(19)20-3/h4-10H2,1-3H3. The van der Waals surface area contributed by atoms with Gasteiger partial charge in [0.25, 0.3) is 0 Å². The Balaban J connectivity index is 1.92. The van der Waals surface area contributed by atoms with Crippen LogP contribution in [0.4, 0.5) is 0 Å². The van der Waals surface area contributed by atoms with Gasteiger partial charge in [-0.05, 0) is 37.4 Å². The van der Waals surface area contributed by atoms with Gasteiger partial charge in [0.05, 0.1) is 29.9 Å². The van der Waals surface area contributed by atoms with E-state index in [0.717, 1.165) is 53.7 Å². The smallest absolute Gasteiger partial charge is 0.306 e. The van der Waals surface area contributed by atoms with Crippen molar-refractivity contribution in [2.24, 2.45) is 5.41 Å². The molecule has 1 aromatic heterocycles.